The zero-order valence-corrected chi connectivity index (χ0v) is 12.7. The molecule has 0 spiro atoms. The molecule has 1 heterocycles. The van der Waals surface area contributed by atoms with Crippen LogP contribution in [0, 0.1) is 0 Å². The molecule has 0 atom stereocenters. The Bertz CT molecular complexity index is 473. The summed E-state index contributed by atoms with van der Waals surface area (Å²) in [5, 5.41) is 6.44. The van der Waals surface area contributed by atoms with Crippen molar-refractivity contribution in [2.45, 2.75) is 6.42 Å². The van der Waals surface area contributed by atoms with E-state index in [1.54, 1.807) is 11.3 Å². The molecule has 2 rings (SSSR count). The summed E-state index contributed by atoms with van der Waals surface area (Å²) in [6.07, 6.45) is 0.995. The van der Waals surface area contributed by atoms with E-state index in [0.29, 0.717) is 0 Å². The van der Waals surface area contributed by atoms with Crippen molar-refractivity contribution >= 4 is 39.7 Å². The Morgan fingerprint density at radius 2 is 2.24 bits per heavy atom. The number of thiazole rings is 1. The molecule has 0 aliphatic carbocycles. The molecular formula is C12H14BrClN2S. The van der Waals surface area contributed by atoms with Crippen molar-refractivity contribution in [3.05, 3.63) is 39.1 Å². The van der Waals surface area contributed by atoms with E-state index in [1.807, 2.05) is 19.2 Å². The number of aromatic nitrogens is 1. The van der Waals surface area contributed by atoms with E-state index in [-0.39, 0.29) is 12.4 Å². The highest BCUT2D eigenvalue weighted by molar-refractivity contribution is 9.10. The number of benzene rings is 1. The molecule has 0 aliphatic rings. The van der Waals surface area contributed by atoms with Crippen LogP contribution >= 0.6 is 39.7 Å². The molecule has 1 aromatic heterocycles. The first-order valence-corrected chi connectivity index (χ1v) is 6.82. The molecule has 2 nitrogen and oxygen atoms in total. The van der Waals surface area contributed by atoms with Crippen molar-refractivity contribution < 1.29 is 0 Å². The van der Waals surface area contributed by atoms with Gasteiger partial charge in [0.15, 0.2) is 0 Å². The summed E-state index contributed by atoms with van der Waals surface area (Å²) < 4.78 is 1.09. The minimum absolute atomic E-state index is 0. The Labute approximate surface area is 120 Å². The Morgan fingerprint density at radius 3 is 2.94 bits per heavy atom. The molecule has 5 heteroatoms. The second-order valence-electron chi connectivity index (χ2n) is 3.49. The normalized spacial score (nSPS) is 10.0. The fourth-order valence-electron chi connectivity index (χ4n) is 1.44. The maximum absolute atomic E-state index is 4.62. The minimum Gasteiger partial charge on any atom is -0.319 e. The topological polar surface area (TPSA) is 24.9 Å². The summed E-state index contributed by atoms with van der Waals surface area (Å²) in [5.41, 5.74) is 2.23. The second kappa shape index (κ2) is 7.11. The quantitative estimate of drug-likeness (QED) is 0.921. The van der Waals surface area contributed by atoms with Gasteiger partial charge < -0.3 is 5.32 Å². The molecule has 92 valence electrons. The number of hydrogen-bond acceptors (Lipinski definition) is 3. The smallest absolute Gasteiger partial charge is 0.0945 e. The van der Waals surface area contributed by atoms with Gasteiger partial charge in [-0.05, 0) is 19.2 Å². The van der Waals surface area contributed by atoms with Crippen LogP contribution in [0.4, 0.5) is 0 Å². The highest BCUT2D eigenvalue weighted by Gasteiger charge is 2.04. The van der Waals surface area contributed by atoms with Gasteiger partial charge in [0.25, 0.3) is 0 Å². The molecule has 0 aliphatic heterocycles. The lowest BCUT2D eigenvalue weighted by atomic mass is 10.2. The van der Waals surface area contributed by atoms with E-state index in [1.165, 1.54) is 10.6 Å². The minimum atomic E-state index is 0. The SMILES string of the molecule is CNCCc1nc(-c2cccc(Br)c2)cs1.Cl. The summed E-state index contributed by atoms with van der Waals surface area (Å²) in [7, 11) is 1.96. The van der Waals surface area contributed by atoms with Crippen molar-refractivity contribution in [3.63, 3.8) is 0 Å². The number of likely N-dealkylation sites (N-methyl/N-ethyl adjacent to an activating group) is 1. The largest absolute Gasteiger partial charge is 0.319 e. The van der Waals surface area contributed by atoms with Crippen LogP contribution in [0.15, 0.2) is 34.1 Å². The van der Waals surface area contributed by atoms with Gasteiger partial charge in [0.2, 0.25) is 0 Å². The predicted octanol–water partition coefficient (Wildman–Crippen LogP) is 3.76. The molecule has 0 fully saturated rings. The third-order valence-corrected chi connectivity index (χ3v) is 3.66. The Balaban J connectivity index is 0.00000144. The van der Waals surface area contributed by atoms with Crippen molar-refractivity contribution in [2.24, 2.45) is 0 Å². The van der Waals surface area contributed by atoms with E-state index >= 15 is 0 Å². The van der Waals surface area contributed by atoms with Crippen LogP contribution in [0.2, 0.25) is 0 Å². The van der Waals surface area contributed by atoms with Gasteiger partial charge in [-0.3, -0.25) is 0 Å². The summed E-state index contributed by atoms with van der Waals surface area (Å²) in [6, 6.07) is 8.24. The Hall–Kier alpha value is -0.420. The summed E-state index contributed by atoms with van der Waals surface area (Å²) >= 11 is 5.20. The molecule has 0 amide bonds. The van der Waals surface area contributed by atoms with Crippen molar-refractivity contribution in [2.75, 3.05) is 13.6 Å². The van der Waals surface area contributed by atoms with Crippen LogP contribution < -0.4 is 5.32 Å². The third-order valence-electron chi connectivity index (χ3n) is 2.26. The molecule has 0 saturated carbocycles. The lowest BCUT2D eigenvalue weighted by molar-refractivity contribution is 0.788. The molecule has 0 bridgehead atoms. The van der Waals surface area contributed by atoms with Gasteiger partial charge >= 0.3 is 0 Å². The van der Waals surface area contributed by atoms with Crippen LogP contribution in [0.5, 0.6) is 0 Å². The number of hydrogen-bond donors (Lipinski definition) is 1. The fourth-order valence-corrected chi connectivity index (χ4v) is 2.64. The predicted molar refractivity (Wildman–Crippen MR) is 80.1 cm³/mol. The molecule has 1 N–H and O–H groups in total. The second-order valence-corrected chi connectivity index (χ2v) is 5.35. The molecule has 0 unspecified atom stereocenters. The van der Waals surface area contributed by atoms with E-state index in [9.17, 15) is 0 Å². The number of nitrogens with one attached hydrogen (secondary N) is 1. The monoisotopic (exact) mass is 332 g/mol. The fraction of sp³-hybridized carbons (Fsp3) is 0.250. The number of nitrogens with zero attached hydrogens (tertiary/aromatic N) is 1. The zero-order chi connectivity index (χ0) is 11.4. The summed E-state index contributed by atoms with van der Waals surface area (Å²) in [6.45, 7) is 0.978. The first kappa shape index (κ1) is 14.6. The molecule has 17 heavy (non-hydrogen) atoms. The Kier molecular flexibility index (Phi) is 6.12. The molecule has 0 radical (unpaired) electrons. The lowest BCUT2D eigenvalue weighted by Gasteiger charge is -1.97. The average Bonchev–Trinajstić information content (AvgIpc) is 2.75. The van der Waals surface area contributed by atoms with Gasteiger partial charge in [0, 0.05) is 28.4 Å². The van der Waals surface area contributed by atoms with Gasteiger partial charge in [-0.15, -0.1) is 23.7 Å². The highest BCUT2D eigenvalue weighted by Crippen LogP contribution is 2.24. The third kappa shape index (κ3) is 4.07. The van der Waals surface area contributed by atoms with Gasteiger partial charge in [-0.25, -0.2) is 4.98 Å². The van der Waals surface area contributed by atoms with E-state index < -0.39 is 0 Å². The van der Waals surface area contributed by atoms with Crippen molar-refractivity contribution in [1.82, 2.24) is 10.3 Å². The van der Waals surface area contributed by atoms with Gasteiger partial charge in [0.05, 0.1) is 10.7 Å². The summed E-state index contributed by atoms with van der Waals surface area (Å²) in [5.74, 6) is 0. The average molecular weight is 334 g/mol. The number of halogens is 2. The van der Waals surface area contributed by atoms with Gasteiger partial charge in [0.1, 0.15) is 0 Å². The Morgan fingerprint density at radius 1 is 1.41 bits per heavy atom. The van der Waals surface area contributed by atoms with E-state index in [4.69, 9.17) is 0 Å². The zero-order valence-electron chi connectivity index (χ0n) is 9.44. The molecule has 1 aromatic carbocycles. The van der Waals surface area contributed by atoms with Crippen LogP contribution in [0.3, 0.4) is 0 Å². The first-order chi connectivity index (χ1) is 7.79. The molecular weight excluding hydrogens is 320 g/mol. The van der Waals surface area contributed by atoms with Gasteiger partial charge in [-0.2, -0.15) is 0 Å². The maximum Gasteiger partial charge on any atom is 0.0945 e. The van der Waals surface area contributed by atoms with Crippen LogP contribution in [-0.2, 0) is 6.42 Å². The van der Waals surface area contributed by atoms with Crippen molar-refractivity contribution in [3.8, 4) is 11.3 Å². The molecule has 0 saturated heterocycles. The van der Waals surface area contributed by atoms with Gasteiger partial charge in [-0.1, -0.05) is 28.1 Å². The summed E-state index contributed by atoms with van der Waals surface area (Å²) in [4.78, 5) is 4.62. The van der Waals surface area contributed by atoms with Crippen LogP contribution in [0.1, 0.15) is 5.01 Å². The van der Waals surface area contributed by atoms with Crippen LogP contribution in [0.25, 0.3) is 11.3 Å². The maximum atomic E-state index is 4.62. The van der Waals surface area contributed by atoms with Crippen molar-refractivity contribution in [1.29, 1.82) is 0 Å². The first-order valence-electron chi connectivity index (χ1n) is 5.14. The number of rotatable bonds is 4. The van der Waals surface area contributed by atoms with E-state index in [2.05, 4.69) is 43.7 Å². The highest BCUT2D eigenvalue weighted by atomic mass is 79.9. The van der Waals surface area contributed by atoms with E-state index in [0.717, 1.165) is 23.1 Å². The van der Waals surface area contributed by atoms with Crippen LogP contribution in [-0.4, -0.2) is 18.6 Å². The standard InChI is InChI=1S/C12H13BrN2S.ClH/c1-14-6-5-12-15-11(8-16-12)9-3-2-4-10(13)7-9;/h2-4,7-8,14H,5-6H2,1H3;1H. The molecule has 2 aromatic rings. The lowest BCUT2D eigenvalue weighted by Crippen LogP contribution is -2.09.